The molecule has 0 heterocycles. The van der Waals surface area contributed by atoms with Gasteiger partial charge in [0.25, 0.3) is 0 Å². The van der Waals surface area contributed by atoms with Gasteiger partial charge in [-0.25, -0.2) is 8.78 Å². The maximum Gasteiger partial charge on any atom is 0.238 e. The number of nitrogens with zero attached hydrogens (tertiary/aromatic N) is 1. The fraction of sp³-hybridized carbons (Fsp3) is 0.316. The van der Waals surface area contributed by atoms with Crippen LogP contribution in [0.5, 0.6) is 11.5 Å². The first-order valence-corrected chi connectivity index (χ1v) is 7.99. The van der Waals surface area contributed by atoms with Gasteiger partial charge in [0, 0.05) is 18.3 Å². The standard InChI is InChI=1S/C19H22F2N2O3/c1-12-7-17(25-3)18(26-4)8-13(12)10-23(2)11-19(24)22-14-5-6-15(20)16(21)9-14/h5-9H,10-11H2,1-4H3,(H,22,24). The zero-order valence-corrected chi connectivity index (χ0v) is 15.2. The van der Waals surface area contributed by atoms with Crippen LogP contribution in [0.3, 0.4) is 0 Å². The summed E-state index contributed by atoms with van der Waals surface area (Å²) in [5.74, 6) is -1.02. The molecule has 0 aliphatic heterocycles. The molecule has 0 radical (unpaired) electrons. The van der Waals surface area contributed by atoms with Crippen LogP contribution in [-0.2, 0) is 11.3 Å². The second kappa shape index (κ2) is 8.62. The fourth-order valence-corrected chi connectivity index (χ4v) is 2.56. The molecule has 0 saturated heterocycles. The lowest BCUT2D eigenvalue weighted by atomic mass is 10.1. The van der Waals surface area contributed by atoms with E-state index in [1.54, 1.807) is 21.3 Å². The molecule has 2 aromatic carbocycles. The average Bonchev–Trinajstić information content (AvgIpc) is 2.59. The normalized spacial score (nSPS) is 10.7. The van der Waals surface area contributed by atoms with E-state index in [0.717, 1.165) is 23.3 Å². The Morgan fingerprint density at radius 1 is 1.08 bits per heavy atom. The van der Waals surface area contributed by atoms with Crippen LogP contribution in [0.2, 0.25) is 0 Å². The van der Waals surface area contributed by atoms with Crippen molar-refractivity contribution < 1.29 is 23.0 Å². The molecule has 0 aliphatic carbocycles. The predicted molar refractivity (Wildman–Crippen MR) is 95.6 cm³/mol. The highest BCUT2D eigenvalue weighted by molar-refractivity contribution is 5.92. The molecule has 0 unspecified atom stereocenters. The van der Waals surface area contributed by atoms with Crippen LogP contribution >= 0.6 is 0 Å². The summed E-state index contributed by atoms with van der Waals surface area (Å²) in [6.45, 7) is 2.55. The number of amides is 1. The summed E-state index contributed by atoms with van der Waals surface area (Å²) >= 11 is 0. The summed E-state index contributed by atoms with van der Waals surface area (Å²) in [5.41, 5.74) is 2.21. The van der Waals surface area contributed by atoms with Crippen molar-refractivity contribution in [2.24, 2.45) is 0 Å². The SMILES string of the molecule is COc1cc(C)c(CN(C)CC(=O)Nc2ccc(F)c(F)c2)cc1OC. The van der Waals surface area contributed by atoms with E-state index in [-0.39, 0.29) is 18.1 Å². The van der Waals surface area contributed by atoms with Gasteiger partial charge in [-0.2, -0.15) is 0 Å². The number of aryl methyl sites for hydroxylation is 1. The first-order chi connectivity index (χ1) is 12.3. The first-order valence-electron chi connectivity index (χ1n) is 7.99. The fourth-order valence-electron chi connectivity index (χ4n) is 2.56. The van der Waals surface area contributed by atoms with Crippen LogP contribution in [0, 0.1) is 18.6 Å². The molecule has 0 atom stereocenters. The molecule has 7 heteroatoms. The van der Waals surface area contributed by atoms with Gasteiger partial charge in [0.1, 0.15) is 0 Å². The molecular formula is C19H22F2N2O3. The molecule has 26 heavy (non-hydrogen) atoms. The lowest BCUT2D eigenvalue weighted by Gasteiger charge is -2.19. The van der Waals surface area contributed by atoms with Crippen LogP contribution in [0.25, 0.3) is 0 Å². The van der Waals surface area contributed by atoms with Crippen LogP contribution in [0.1, 0.15) is 11.1 Å². The minimum atomic E-state index is -1.00. The Balaban J connectivity index is 2.00. The minimum absolute atomic E-state index is 0.0901. The summed E-state index contributed by atoms with van der Waals surface area (Å²) < 4.78 is 36.7. The lowest BCUT2D eigenvalue weighted by molar-refractivity contribution is -0.117. The molecule has 0 aliphatic rings. The number of benzene rings is 2. The number of hydrogen-bond acceptors (Lipinski definition) is 4. The van der Waals surface area contributed by atoms with Gasteiger partial charge in [-0.3, -0.25) is 9.69 Å². The summed E-state index contributed by atoms with van der Waals surface area (Å²) in [6, 6.07) is 6.99. The van der Waals surface area contributed by atoms with Crippen LogP contribution < -0.4 is 14.8 Å². The van der Waals surface area contributed by atoms with Gasteiger partial charge in [0.2, 0.25) is 5.91 Å². The Bertz CT molecular complexity index is 797. The van der Waals surface area contributed by atoms with Crippen molar-refractivity contribution in [2.75, 3.05) is 33.1 Å². The van der Waals surface area contributed by atoms with Crippen molar-refractivity contribution >= 4 is 11.6 Å². The molecule has 0 aromatic heterocycles. The number of likely N-dealkylation sites (N-methyl/N-ethyl adjacent to an activating group) is 1. The van der Waals surface area contributed by atoms with Crippen molar-refractivity contribution in [2.45, 2.75) is 13.5 Å². The second-order valence-electron chi connectivity index (χ2n) is 5.98. The van der Waals surface area contributed by atoms with Crippen molar-refractivity contribution in [3.05, 3.63) is 53.1 Å². The average molecular weight is 364 g/mol. The molecule has 0 spiro atoms. The molecular weight excluding hydrogens is 342 g/mol. The lowest BCUT2D eigenvalue weighted by Crippen LogP contribution is -2.30. The van der Waals surface area contributed by atoms with Crippen molar-refractivity contribution in [1.82, 2.24) is 4.90 Å². The molecule has 2 rings (SSSR count). The molecule has 1 amide bonds. The third kappa shape index (κ3) is 4.92. The van der Waals surface area contributed by atoms with E-state index >= 15 is 0 Å². The topological polar surface area (TPSA) is 50.8 Å². The number of nitrogens with one attached hydrogen (secondary N) is 1. The van der Waals surface area contributed by atoms with Gasteiger partial charge >= 0.3 is 0 Å². The summed E-state index contributed by atoms with van der Waals surface area (Å²) in [7, 11) is 4.93. The quantitative estimate of drug-likeness (QED) is 0.819. The Morgan fingerprint density at radius 2 is 1.73 bits per heavy atom. The highest BCUT2D eigenvalue weighted by Gasteiger charge is 2.13. The monoisotopic (exact) mass is 364 g/mol. The van der Waals surface area contributed by atoms with Crippen molar-refractivity contribution in [3.63, 3.8) is 0 Å². The third-order valence-corrected chi connectivity index (χ3v) is 3.90. The Kier molecular flexibility index (Phi) is 6.52. The van der Waals surface area contributed by atoms with Gasteiger partial charge in [0.15, 0.2) is 23.1 Å². The van der Waals surface area contributed by atoms with E-state index < -0.39 is 11.6 Å². The summed E-state index contributed by atoms with van der Waals surface area (Å²) in [4.78, 5) is 13.9. The van der Waals surface area contributed by atoms with E-state index in [0.29, 0.717) is 18.0 Å². The van der Waals surface area contributed by atoms with E-state index in [2.05, 4.69) is 5.32 Å². The van der Waals surface area contributed by atoms with Gasteiger partial charge in [-0.05, 0) is 49.4 Å². The second-order valence-corrected chi connectivity index (χ2v) is 5.98. The number of carbonyl (C=O) groups excluding carboxylic acids is 1. The summed E-state index contributed by atoms with van der Waals surface area (Å²) in [5, 5.41) is 2.55. The zero-order chi connectivity index (χ0) is 19.3. The van der Waals surface area contributed by atoms with Crippen LogP contribution in [0.4, 0.5) is 14.5 Å². The van der Waals surface area contributed by atoms with E-state index in [1.165, 1.54) is 6.07 Å². The summed E-state index contributed by atoms with van der Waals surface area (Å²) in [6.07, 6.45) is 0. The number of halogens is 2. The molecule has 140 valence electrons. The molecule has 0 saturated carbocycles. The predicted octanol–water partition coefficient (Wildman–Crippen LogP) is 3.36. The van der Waals surface area contributed by atoms with Crippen LogP contribution in [-0.4, -0.2) is 38.6 Å². The molecule has 0 fully saturated rings. The Labute approximate surface area is 151 Å². The van der Waals surface area contributed by atoms with Crippen LogP contribution in [0.15, 0.2) is 30.3 Å². The van der Waals surface area contributed by atoms with E-state index in [9.17, 15) is 13.6 Å². The minimum Gasteiger partial charge on any atom is -0.493 e. The maximum atomic E-state index is 13.2. The number of ether oxygens (including phenoxy) is 2. The Morgan fingerprint density at radius 3 is 2.35 bits per heavy atom. The number of hydrogen-bond donors (Lipinski definition) is 1. The molecule has 1 N–H and O–H groups in total. The third-order valence-electron chi connectivity index (χ3n) is 3.90. The van der Waals surface area contributed by atoms with Crippen molar-refractivity contribution in [1.29, 1.82) is 0 Å². The number of methoxy groups -OCH3 is 2. The smallest absolute Gasteiger partial charge is 0.238 e. The van der Waals surface area contributed by atoms with E-state index in [1.807, 2.05) is 24.0 Å². The van der Waals surface area contributed by atoms with Gasteiger partial charge in [-0.1, -0.05) is 0 Å². The van der Waals surface area contributed by atoms with Gasteiger partial charge < -0.3 is 14.8 Å². The van der Waals surface area contributed by atoms with Gasteiger partial charge in [0.05, 0.1) is 20.8 Å². The first kappa shape index (κ1) is 19.7. The largest absolute Gasteiger partial charge is 0.493 e. The maximum absolute atomic E-state index is 13.2. The molecule has 2 aromatic rings. The highest BCUT2D eigenvalue weighted by Crippen LogP contribution is 2.30. The van der Waals surface area contributed by atoms with Crippen molar-refractivity contribution in [3.8, 4) is 11.5 Å². The molecule has 5 nitrogen and oxygen atoms in total. The van der Waals surface area contributed by atoms with E-state index in [4.69, 9.17) is 9.47 Å². The number of carbonyl (C=O) groups is 1. The van der Waals surface area contributed by atoms with Gasteiger partial charge in [-0.15, -0.1) is 0 Å². The Hall–Kier alpha value is -2.67. The number of rotatable bonds is 7. The molecule has 0 bridgehead atoms. The highest BCUT2D eigenvalue weighted by atomic mass is 19.2. The zero-order valence-electron chi connectivity index (χ0n) is 15.2. The number of anilines is 1.